The van der Waals surface area contributed by atoms with Crippen LogP contribution in [-0.2, 0) is 0 Å². The highest BCUT2D eigenvalue weighted by molar-refractivity contribution is 5.39. The highest BCUT2D eigenvalue weighted by Gasteiger charge is 2.06. The van der Waals surface area contributed by atoms with Crippen LogP contribution in [0.25, 0.3) is 0 Å². The molecule has 0 fully saturated rings. The molecular weight excluding hydrogens is 150 g/mol. The third-order valence-electron chi connectivity index (χ3n) is 1.66. The van der Waals surface area contributed by atoms with Gasteiger partial charge in [-0.2, -0.15) is 0 Å². The number of hydrogen-bond acceptors (Lipinski definition) is 3. The van der Waals surface area contributed by atoms with Gasteiger partial charge in [0.25, 0.3) is 0 Å². The van der Waals surface area contributed by atoms with Crippen LogP contribution in [-0.4, -0.2) is 11.5 Å². The van der Waals surface area contributed by atoms with E-state index in [-0.39, 0.29) is 6.04 Å². The first-order valence-electron chi connectivity index (χ1n) is 3.65. The van der Waals surface area contributed by atoms with Gasteiger partial charge in [0, 0.05) is 36.1 Å². The van der Waals surface area contributed by atoms with Crippen molar-refractivity contribution >= 4 is 0 Å². The van der Waals surface area contributed by atoms with E-state index in [9.17, 15) is 0 Å². The maximum absolute atomic E-state index is 5.71. The predicted molar refractivity (Wildman–Crippen MR) is 48.2 cm³/mol. The van der Waals surface area contributed by atoms with Crippen molar-refractivity contribution in [1.29, 1.82) is 0 Å². The molecule has 1 aromatic heterocycles. The SMILES string of the molecule is C#Cc1ccncc1C(N)CN. The van der Waals surface area contributed by atoms with E-state index in [1.54, 1.807) is 18.5 Å². The summed E-state index contributed by atoms with van der Waals surface area (Å²) in [6.07, 6.45) is 8.57. The van der Waals surface area contributed by atoms with Crippen LogP contribution in [0, 0.1) is 12.3 Å². The Morgan fingerprint density at radius 3 is 3.00 bits per heavy atom. The second-order valence-corrected chi connectivity index (χ2v) is 2.45. The Kier molecular flexibility index (Phi) is 2.81. The molecule has 0 aliphatic heterocycles. The molecule has 0 spiro atoms. The van der Waals surface area contributed by atoms with Crippen molar-refractivity contribution in [2.75, 3.05) is 6.54 Å². The van der Waals surface area contributed by atoms with Crippen LogP contribution in [0.15, 0.2) is 18.5 Å². The molecule has 4 N–H and O–H groups in total. The third kappa shape index (κ3) is 1.62. The van der Waals surface area contributed by atoms with Gasteiger partial charge in [-0.25, -0.2) is 0 Å². The second-order valence-electron chi connectivity index (χ2n) is 2.45. The molecule has 3 heteroatoms. The first-order chi connectivity index (χ1) is 5.79. The van der Waals surface area contributed by atoms with E-state index in [2.05, 4.69) is 10.9 Å². The molecule has 0 amide bonds. The molecule has 1 atom stereocenters. The zero-order valence-corrected chi connectivity index (χ0v) is 6.70. The number of hydrogen-bond donors (Lipinski definition) is 2. The standard InChI is InChI=1S/C9H11N3/c1-2-7-3-4-12-6-8(7)9(11)5-10/h1,3-4,6,9H,5,10-11H2. The van der Waals surface area contributed by atoms with Gasteiger partial charge in [0.2, 0.25) is 0 Å². The average Bonchev–Trinajstić information content (AvgIpc) is 2.16. The van der Waals surface area contributed by atoms with Gasteiger partial charge in [-0.05, 0) is 6.07 Å². The summed E-state index contributed by atoms with van der Waals surface area (Å²) in [7, 11) is 0. The van der Waals surface area contributed by atoms with E-state index >= 15 is 0 Å². The van der Waals surface area contributed by atoms with Crippen LogP contribution in [0.1, 0.15) is 17.2 Å². The van der Waals surface area contributed by atoms with E-state index < -0.39 is 0 Å². The van der Waals surface area contributed by atoms with Crippen molar-refractivity contribution in [2.45, 2.75) is 6.04 Å². The van der Waals surface area contributed by atoms with E-state index in [0.29, 0.717) is 6.54 Å². The fraction of sp³-hybridized carbons (Fsp3) is 0.222. The maximum atomic E-state index is 5.71. The molecule has 1 heterocycles. The van der Waals surface area contributed by atoms with Crippen LogP contribution in [0.4, 0.5) is 0 Å². The summed E-state index contributed by atoms with van der Waals surface area (Å²) in [6.45, 7) is 0.375. The summed E-state index contributed by atoms with van der Waals surface area (Å²) in [6, 6.07) is 1.54. The fourth-order valence-electron chi connectivity index (χ4n) is 0.961. The van der Waals surface area contributed by atoms with Crippen molar-refractivity contribution in [1.82, 2.24) is 4.98 Å². The Morgan fingerprint density at radius 2 is 2.42 bits per heavy atom. The highest BCUT2D eigenvalue weighted by atomic mass is 14.7. The van der Waals surface area contributed by atoms with Crippen molar-refractivity contribution in [2.24, 2.45) is 11.5 Å². The van der Waals surface area contributed by atoms with Gasteiger partial charge in [-0.15, -0.1) is 6.42 Å². The van der Waals surface area contributed by atoms with Gasteiger partial charge in [-0.3, -0.25) is 4.98 Å². The molecule has 3 nitrogen and oxygen atoms in total. The van der Waals surface area contributed by atoms with Crippen molar-refractivity contribution in [3.05, 3.63) is 29.6 Å². The number of aromatic nitrogens is 1. The van der Waals surface area contributed by atoms with Crippen LogP contribution in [0.3, 0.4) is 0 Å². The third-order valence-corrected chi connectivity index (χ3v) is 1.66. The van der Waals surface area contributed by atoms with Crippen LogP contribution in [0.2, 0.25) is 0 Å². The molecule has 0 saturated carbocycles. The monoisotopic (exact) mass is 161 g/mol. The first kappa shape index (κ1) is 8.72. The van der Waals surface area contributed by atoms with Gasteiger partial charge in [0.05, 0.1) is 0 Å². The Hall–Kier alpha value is -1.37. The Balaban J connectivity index is 3.07. The van der Waals surface area contributed by atoms with Gasteiger partial charge >= 0.3 is 0 Å². The minimum atomic E-state index is -0.218. The number of terminal acetylenes is 1. The first-order valence-corrected chi connectivity index (χ1v) is 3.65. The fourth-order valence-corrected chi connectivity index (χ4v) is 0.961. The van der Waals surface area contributed by atoms with Crippen molar-refractivity contribution < 1.29 is 0 Å². The largest absolute Gasteiger partial charge is 0.329 e. The smallest absolute Gasteiger partial charge is 0.0447 e. The normalized spacial score (nSPS) is 12.1. The number of pyridine rings is 1. The summed E-state index contributed by atoms with van der Waals surface area (Å²) in [4.78, 5) is 3.93. The molecule has 1 rings (SSSR count). The van der Waals surface area contributed by atoms with Crippen LogP contribution >= 0.6 is 0 Å². The lowest BCUT2D eigenvalue weighted by atomic mass is 10.0. The Labute approximate surface area is 71.8 Å². The van der Waals surface area contributed by atoms with Gasteiger partial charge in [-0.1, -0.05) is 5.92 Å². The quantitative estimate of drug-likeness (QED) is 0.601. The van der Waals surface area contributed by atoms with E-state index in [0.717, 1.165) is 11.1 Å². The number of nitrogens with zero attached hydrogens (tertiary/aromatic N) is 1. The Morgan fingerprint density at radius 1 is 1.67 bits per heavy atom. The van der Waals surface area contributed by atoms with Crippen LogP contribution < -0.4 is 11.5 Å². The molecule has 62 valence electrons. The maximum Gasteiger partial charge on any atom is 0.0447 e. The summed E-state index contributed by atoms with van der Waals surface area (Å²) in [5, 5.41) is 0. The lowest BCUT2D eigenvalue weighted by Crippen LogP contribution is -2.21. The number of nitrogens with two attached hydrogens (primary N) is 2. The molecule has 0 aromatic carbocycles. The van der Waals surface area contributed by atoms with Gasteiger partial charge < -0.3 is 11.5 Å². The van der Waals surface area contributed by atoms with Crippen molar-refractivity contribution in [3.8, 4) is 12.3 Å². The van der Waals surface area contributed by atoms with Crippen LogP contribution in [0.5, 0.6) is 0 Å². The molecule has 0 bridgehead atoms. The summed E-state index contributed by atoms with van der Waals surface area (Å²) < 4.78 is 0. The molecule has 12 heavy (non-hydrogen) atoms. The minimum absolute atomic E-state index is 0.218. The Bertz CT molecular complexity index is 301. The lowest BCUT2D eigenvalue weighted by molar-refractivity contribution is 0.731. The summed E-state index contributed by atoms with van der Waals surface area (Å²) in [5.74, 6) is 2.54. The summed E-state index contributed by atoms with van der Waals surface area (Å²) >= 11 is 0. The number of rotatable bonds is 2. The molecule has 1 unspecified atom stereocenters. The zero-order valence-electron chi connectivity index (χ0n) is 6.70. The molecule has 0 saturated heterocycles. The van der Waals surface area contributed by atoms with Gasteiger partial charge in [0.15, 0.2) is 0 Å². The average molecular weight is 161 g/mol. The van der Waals surface area contributed by atoms with Gasteiger partial charge in [0.1, 0.15) is 0 Å². The molecule has 1 aromatic rings. The zero-order chi connectivity index (χ0) is 8.97. The van der Waals surface area contributed by atoms with E-state index in [1.807, 2.05) is 0 Å². The summed E-state index contributed by atoms with van der Waals surface area (Å²) in [5.41, 5.74) is 12.7. The topological polar surface area (TPSA) is 64.9 Å². The molecule has 0 aliphatic rings. The van der Waals surface area contributed by atoms with Crippen molar-refractivity contribution in [3.63, 3.8) is 0 Å². The van der Waals surface area contributed by atoms with E-state index in [4.69, 9.17) is 17.9 Å². The van der Waals surface area contributed by atoms with E-state index in [1.165, 1.54) is 0 Å². The molecular formula is C9H11N3. The molecule has 0 radical (unpaired) electrons. The highest BCUT2D eigenvalue weighted by Crippen LogP contribution is 2.11. The lowest BCUT2D eigenvalue weighted by Gasteiger charge is -2.09. The second kappa shape index (κ2) is 3.86. The minimum Gasteiger partial charge on any atom is -0.329 e. The molecule has 0 aliphatic carbocycles. The predicted octanol–water partition coefficient (Wildman–Crippen LogP) is 0.0214.